The molecule has 0 bridgehead atoms. The fourth-order valence-corrected chi connectivity index (χ4v) is 2.52. The summed E-state index contributed by atoms with van der Waals surface area (Å²) in [6, 6.07) is 10.2. The second-order valence-electron chi connectivity index (χ2n) is 2.40. The van der Waals surface area contributed by atoms with Crippen molar-refractivity contribution >= 4 is 26.6 Å². The number of hydrogen-bond donors (Lipinski definition) is 1. The van der Waals surface area contributed by atoms with Gasteiger partial charge in [0.15, 0.2) is 0 Å². The van der Waals surface area contributed by atoms with E-state index in [2.05, 4.69) is 18.7 Å². The fraction of sp³-hybridized carbons (Fsp3) is 0.100. The largest absolute Gasteiger partial charge is 0.293 e. The minimum absolute atomic E-state index is 0.515. The third-order valence-corrected chi connectivity index (χ3v) is 3.56. The summed E-state index contributed by atoms with van der Waals surface area (Å²) in [6.07, 6.45) is 1.56. The van der Waals surface area contributed by atoms with Gasteiger partial charge in [-0.05, 0) is 22.4 Å². The quantitative estimate of drug-likeness (QED) is 0.464. The maximum absolute atomic E-state index is 7.33. The molecule has 0 spiro atoms. The Kier molecular flexibility index (Phi) is 4.72. The van der Waals surface area contributed by atoms with Crippen molar-refractivity contribution in [3.63, 3.8) is 0 Å². The summed E-state index contributed by atoms with van der Waals surface area (Å²) < 4.78 is 0. The third kappa shape index (κ3) is 4.20. The van der Waals surface area contributed by atoms with Gasteiger partial charge < -0.3 is 0 Å². The predicted molar refractivity (Wildman–Crippen MR) is 63.3 cm³/mol. The second-order valence-corrected chi connectivity index (χ2v) is 4.74. The van der Waals surface area contributed by atoms with Crippen molar-refractivity contribution in [1.29, 1.82) is 5.41 Å². The first-order valence-electron chi connectivity index (χ1n) is 3.87. The van der Waals surface area contributed by atoms with Crippen molar-refractivity contribution in [3.05, 3.63) is 48.6 Å². The highest BCUT2D eigenvalue weighted by molar-refractivity contribution is 8.82. The number of benzene rings is 1. The molecular formula is C10H11NS2. The Labute approximate surface area is 86.5 Å². The standard InChI is InChI=1S/C10H11NS2/c1-2-10(11)13-12-8-9-6-4-3-5-7-9/h2-7,11H,1,8H2. The molecule has 0 saturated heterocycles. The van der Waals surface area contributed by atoms with Crippen LogP contribution < -0.4 is 0 Å². The van der Waals surface area contributed by atoms with Crippen LogP contribution in [0.3, 0.4) is 0 Å². The summed E-state index contributed by atoms with van der Waals surface area (Å²) in [5, 5.41) is 7.84. The van der Waals surface area contributed by atoms with E-state index in [1.807, 2.05) is 18.2 Å². The summed E-state index contributed by atoms with van der Waals surface area (Å²) >= 11 is 0. The zero-order valence-electron chi connectivity index (χ0n) is 7.19. The first-order valence-corrected chi connectivity index (χ1v) is 6.19. The van der Waals surface area contributed by atoms with Gasteiger partial charge >= 0.3 is 0 Å². The van der Waals surface area contributed by atoms with Gasteiger partial charge in [0.1, 0.15) is 0 Å². The van der Waals surface area contributed by atoms with E-state index in [-0.39, 0.29) is 0 Å². The summed E-state index contributed by atoms with van der Waals surface area (Å²) in [5.74, 6) is 0.932. The van der Waals surface area contributed by atoms with Crippen molar-refractivity contribution < 1.29 is 0 Å². The molecule has 0 aliphatic rings. The molecule has 1 N–H and O–H groups in total. The lowest BCUT2D eigenvalue weighted by molar-refractivity contribution is 1.43. The molecular weight excluding hydrogens is 198 g/mol. The Morgan fingerprint density at radius 1 is 1.38 bits per heavy atom. The van der Waals surface area contributed by atoms with E-state index in [9.17, 15) is 0 Å². The van der Waals surface area contributed by atoms with Crippen LogP contribution in [-0.4, -0.2) is 5.04 Å². The van der Waals surface area contributed by atoms with E-state index >= 15 is 0 Å². The van der Waals surface area contributed by atoms with E-state index in [4.69, 9.17) is 5.41 Å². The lowest BCUT2D eigenvalue weighted by atomic mass is 10.2. The average Bonchev–Trinajstić information content (AvgIpc) is 2.19. The Bertz CT molecular complexity index is 282. The molecule has 0 fully saturated rings. The Morgan fingerprint density at radius 3 is 2.69 bits per heavy atom. The molecule has 0 heterocycles. The normalized spacial score (nSPS) is 9.54. The highest BCUT2D eigenvalue weighted by Gasteiger charge is 1.94. The minimum atomic E-state index is 0.515. The first-order chi connectivity index (χ1) is 6.33. The van der Waals surface area contributed by atoms with Gasteiger partial charge in [-0.2, -0.15) is 0 Å². The summed E-state index contributed by atoms with van der Waals surface area (Å²) in [7, 11) is 3.11. The molecule has 1 nitrogen and oxygen atoms in total. The topological polar surface area (TPSA) is 23.9 Å². The van der Waals surface area contributed by atoms with E-state index in [0.29, 0.717) is 5.04 Å². The van der Waals surface area contributed by atoms with Crippen LogP contribution in [0, 0.1) is 5.41 Å². The zero-order valence-corrected chi connectivity index (χ0v) is 8.83. The fourth-order valence-electron chi connectivity index (χ4n) is 0.769. The van der Waals surface area contributed by atoms with Crippen molar-refractivity contribution in [1.82, 2.24) is 0 Å². The molecule has 0 aromatic heterocycles. The molecule has 1 aromatic rings. The predicted octanol–water partition coefficient (Wildman–Crippen LogP) is 3.73. The van der Waals surface area contributed by atoms with Gasteiger partial charge in [-0.3, -0.25) is 5.41 Å². The molecule has 1 aromatic carbocycles. The van der Waals surface area contributed by atoms with E-state index in [1.54, 1.807) is 16.9 Å². The van der Waals surface area contributed by atoms with Crippen molar-refractivity contribution in [2.24, 2.45) is 0 Å². The smallest absolute Gasteiger partial charge is 0.0969 e. The van der Waals surface area contributed by atoms with Gasteiger partial charge in [0.2, 0.25) is 0 Å². The van der Waals surface area contributed by atoms with Crippen molar-refractivity contribution in [2.75, 3.05) is 0 Å². The lowest BCUT2D eigenvalue weighted by Gasteiger charge is -1.98. The Hall–Kier alpha value is -0.670. The minimum Gasteiger partial charge on any atom is -0.293 e. The SMILES string of the molecule is C=CC(=N)SSCc1ccccc1. The zero-order chi connectivity index (χ0) is 9.52. The maximum atomic E-state index is 7.33. The first kappa shape index (κ1) is 10.4. The Balaban J connectivity index is 2.28. The highest BCUT2D eigenvalue weighted by Crippen LogP contribution is 2.26. The molecule has 0 unspecified atom stereocenters. The number of hydrogen-bond acceptors (Lipinski definition) is 3. The average molecular weight is 209 g/mol. The number of rotatable bonds is 4. The molecule has 0 atom stereocenters. The summed E-state index contributed by atoms with van der Waals surface area (Å²) in [5.41, 5.74) is 1.29. The Morgan fingerprint density at radius 2 is 2.08 bits per heavy atom. The van der Waals surface area contributed by atoms with Gasteiger partial charge in [0.05, 0.1) is 5.04 Å². The van der Waals surface area contributed by atoms with Gasteiger partial charge in [-0.25, -0.2) is 0 Å². The van der Waals surface area contributed by atoms with Crippen LogP contribution in [0.2, 0.25) is 0 Å². The van der Waals surface area contributed by atoms with E-state index in [1.165, 1.54) is 16.4 Å². The van der Waals surface area contributed by atoms with Crippen LogP contribution in [0.1, 0.15) is 5.56 Å². The molecule has 3 heteroatoms. The van der Waals surface area contributed by atoms with E-state index in [0.717, 1.165) is 5.75 Å². The maximum Gasteiger partial charge on any atom is 0.0969 e. The third-order valence-electron chi connectivity index (χ3n) is 1.40. The van der Waals surface area contributed by atoms with Gasteiger partial charge in [0.25, 0.3) is 0 Å². The van der Waals surface area contributed by atoms with Crippen LogP contribution in [-0.2, 0) is 5.75 Å². The van der Waals surface area contributed by atoms with Crippen LogP contribution >= 0.6 is 21.6 Å². The molecule has 0 saturated carbocycles. The second kappa shape index (κ2) is 5.89. The van der Waals surface area contributed by atoms with Crippen LogP contribution in [0.5, 0.6) is 0 Å². The van der Waals surface area contributed by atoms with Gasteiger partial charge in [-0.1, -0.05) is 47.7 Å². The van der Waals surface area contributed by atoms with E-state index < -0.39 is 0 Å². The van der Waals surface area contributed by atoms with Crippen LogP contribution in [0.25, 0.3) is 0 Å². The molecule has 0 amide bonds. The molecule has 13 heavy (non-hydrogen) atoms. The summed E-state index contributed by atoms with van der Waals surface area (Å²) in [4.78, 5) is 0. The molecule has 68 valence electrons. The highest BCUT2D eigenvalue weighted by atomic mass is 33.1. The lowest BCUT2D eigenvalue weighted by Crippen LogP contribution is -1.79. The van der Waals surface area contributed by atoms with Crippen LogP contribution in [0.15, 0.2) is 43.0 Å². The number of nitrogens with one attached hydrogen (secondary N) is 1. The molecule has 0 aliphatic carbocycles. The van der Waals surface area contributed by atoms with Crippen molar-refractivity contribution in [3.8, 4) is 0 Å². The van der Waals surface area contributed by atoms with Crippen molar-refractivity contribution in [2.45, 2.75) is 5.75 Å². The summed E-state index contributed by atoms with van der Waals surface area (Å²) in [6.45, 7) is 3.53. The molecule has 0 radical (unpaired) electrons. The monoisotopic (exact) mass is 209 g/mol. The molecule has 0 aliphatic heterocycles. The van der Waals surface area contributed by atoms with Crippen LogP contribution in [0.4, 0.5) is 0 Å². The van der Waals surface area contributed by atoms with Gasteiger partial charge in [0, 0.05) is 5.75 Å². The van der Waals surface area contributed by atoms with Gasteiger partial charge in [-0.15, -0.1) is 0 Å². The molecule has 1 rings (SSSR count).